The van der Waals surface area contributed by atoms with Gasteiger partial charge in [0.25, 0.3) is 5.91 Å². The molecule has 128 valence electrons. The van der Waals surface area contributed by atoms with Gasteiger partial charge in [0.2, 0.25) is 0 Å². The molecule has 4 heterocycles. The molecule has 0 fully saturated rings. The van der Waals surface area contributed by atoms with E-state index in [1.165, 1.54) is 17.3 Å². The van der Waals surface area contributed by atoms with Gasteiger partial charge >= 0.3 is 0 Å². The number of amides is 1. The number of carbonyl (C=O) groups is 1. The van der Waals surface area contributed by atoms with E-state index in [2.05, 4.69) is 30.4 Å². The van der Waals surface area contributed by atoms with Crippen LogP contribution in [0.3, 0.4) is 0 Å². The Kier molecular flexibility index (Phi) is 4.17. The number of nitrogens with zero attached hydrogens (tertiary/aromatic N) is 7. The van der Waals surface area contributed by atoms with Crippen LogP contribution in [-0.2, 0) is 6.54 Å². The molecule has 0 aliphatic carbocycles. The van der Waals surface area contributed by atoms with Gasteiger partial charge in [0.1, 0.15) is 24.8 Å². The van der Waals surface area contributed by atoms with Crippen LogP contribution in [0, 0.1) is 0 Å². The summed E-state index contributed by atoms with van der Waals surface area (Å²) in [5.41, 5.74) is 1.36. The van der Waals surface area contributed by atoms with Crippen molar-refractivity contribution < 1.29 is 4.79 Å². The van der Waals surface area contributed by atoms with Crippen LogP contribution in [0.25, 0.3) is 11.6 Å². The van der Waals surface area contributed by atoms with Crippen LogP contribution >= 0.6 is 0 Å². The van der Waals surface area contributed by atoms with Crippen molar-refractivity contribution in [2.24, 2.45) is 0 Å². The Balaban J connectivity index is 1.51. The summed E-state index contributed by atoms with van der Waals surface area (Å²) >= 11 is 0. The van der Waals surface area contributed by atoms with E-state index in [-0.39, 0.29) is 5.91 Å². The number of imidazole rings is 1. The van der Waals surface area contributed by atoms with E-state index in [4.69, 9.17) is 0 Å². The third-order valence-electron chi connectivity index (χ3n) is 3.72. The minimum atomic E-state index is -0.214. The first kappa shape index (κ1) is 15.6. The first-order valence-corrected chi connectivity index (χ1v) is 7.83. The van der Waals surface area contributed by atoms with Crippen molar-refractivity contribution in [3.05, 3.63) is 79.2 Å². The monoisotopic (exact) mass is 346 g/mol. The average Bonchev–Trinajstić information content (AvgIpc) is 3.40. The fourth-order valence-electron chi connectivity index (χ4n) is 2.47. The molecule has 4 aromatic heterocycles. The van der Waals surface area contributed by atoms with Crippen molar-refractivity contribution >= 4 is 5.91 Å². The second-order valence-electron chi connectivity index (χ2n) is 5.38. The largest absolute Gasteiger partial charge is 0.348 e. The van der Waals surface area contributed by atoms with E-state index < -0.39 is 0 Å². The van der Waals surface area contributed by atoms with Crippen molar-refractivity contribution in [3.8, 4) is 11.6 Å². The van der Waals surface area contributed by atoms with E-state index in [0.717, 1.165) is 11.4 Å². The molecule has 1 N–H and O–H groups in total. The Hall–Kier alpha value is -3.88. The van der Waals surface area contributed by atoms with E-state index in [1.807, 2.05) is 12.1 Å². The van der Waals surface area contributed by atoms with Crippen LogP contribution in [0.15, 0.2) is 68.0 Å². The zero-order chi connectivity index (χ0) is 17.8. The summed E-state index contributed by atoms with van der Waals surface area (Å²) in [4.78, 5) is 29.0. The minimum Gasteiger partial charge on any atom is -0.348 e. The van der Waals surface area contributed by atoms with E-state index in [9.17, 15) is 4.79 Å². The molecular weight excluding hydrogens is 332 g/mol. The highest BCUT2D eigenvalue weighted by Crippen LogP contribution is 2.11. The lowest BCUT2D eigenvalue weighted by atomic mass is 10.2. The fraction of sp³-hybridized carbons (Fsp3) is 0.0588. The Morgan fingerprint density at radius 2 is 2.04 bits per heavy atom. The molecule has 0 saturated carbocycles. The number of hydrogen-bond acceptors (Lipinski definition) is 6. The Morgan fingerprint density at radius 3 is 2.85 bits per heavy atom. The average molecular weight is 346 g/mol. The van der Waals surface area contributed by atoms with Gasteiger partial charge in [-0.3, -0.25) is 9.36 Å². The van der Waals surface area contributed by atoms with Gasteiger partial charge in [-0.15, -0.1) is 0 Å². The van der Waals surface area contributed by atoms with Crippen LogP contribution in [-0.4, -0.2) is 40.2 Å². The third kappa shape index (κ3) is 3.18. The zero-order valence-electron chi connectivity index (χ0n) is 13.6. The van der Waals surface area contributed by atoms with Crippen molar-refractivity contribution in [2.75, 3.05) is 0 Å². The molecule has 9 heteroatoms. The second kappa shape index (κ2) is 6.93. The summed E-state index contributed by atoms with van der Waals surface area (Å²) in [5, 5.41) is 6.92. The number of hydrogen-bond donors (Lipinski definition) is 1. The Labute approximate surface area is 148 Å². The predicted molar refractivity (Wildman–Crippen MR) is 91.7 cm³/mol. The highest BCUT2D eigenvalue weighted by atomic mass is 16.1. The SMILES string of the molecule is O=C(NCc1cccnc1-n1ccnc1)c1ccnc(-n2cncn2)c1. The first-order chi connectivity index (χ1) is 12.8. The molecule has 1 amide bonds. The first-order valence-electron chi connectivity index (χ1n) is 7.83. The molecular formula is C17H14N8O. The molecule has 4 rings (SSSR count). The third-order valence-corrected chi connectivity index (χ3v) is 3.72. The van der Waals surface area contributed by atoms with Gasteiger partial charge in [-0.1, -0.05) is 6.07 Å². The van der Waals surface area contributed by atoms with Crippen LogP contribution in [0.1, 0.15) is 15.9 Å². The van der Waals surface area contributed by atoms with Gasteiger partial charge in [-0.25, -0.2) is 24.6 Å². The minimum absolute atomic E-state index is 0.214. The highest BCUT2D eigenvalue weighted by molar-refractivity contribution is 5.94. The second-order valence-corrected chi connectivity index (χ2v) is 5.38. The van der Waals surface area contributed by atoms with Gasteiger partial charge in [0, 0.05) is 42.5 Å². The lowest BCUT2D eigenvalue weighted by Crippen LogP contribution is -2.24. The topological polar surface area (TPSA) is 103 Å². The fourth-order valence-corrected chi connectivity index (χ4v) is 2.47. The quantitative estimate of drug-likeness (QED) is 0.582. The summed E-state index contributed by atoms with van der Waals surface area (Å²) in [6.07, 6.45) is 11.4. The molecule has 4 aromatic rings. The smallest absolute Gasteiger partial charge is 0.251 e. The van der Waals surface area contributed by atoms with Gasteiger partial charge in [-0.05, 0) is 18.2 Å². The summed E-state index contributed by atoms with van der Waals surface area (Å²) < 4.78 is 3.30. The van der Waals surface area contributed by atoms with Crippen molar-refractivity contribution in [1.29, 1.82) is 0 Å². The molecule has 0 aliphatic rings. The van der Waals surface area contributed by atoms with Crippen LogP contribution < -0.4 is 5.32 Å². The van der Waals surface area contributed by atoms with E-state index in [1.54, 1.807) is 47.8 Å². The summed E-state index contributed by atoms with van der Waals surface area (Å²) in [7, 11) is 0. The van der Waals surface area contributed by atoms with Crippen LogP contribution in [0.2, 0.25) is 0 Å². The van der Waals surface area contributed by atoms with Crippen LogP contribution in [0.5, 0.6) is 0 Å². The normalized spacial score (nSPS) is 10.6. The number of pyridine rings is 2. The van der Waals surface area contributed by atoms with Crippen molar-refractivity contribution in [3.63, 3.8) is 0 Å². The number of rotatable bonds is 5. The molecule has 9 nitrogen and oxygen atoms in total. The molecule has 0 bridgehead atoms. The summed E-state index contributed by atoms with van der Waals surface area (Å²) in [6, 6.07) is 7.05. The molecule has 0 atom stereocenters. The maximum Gasteiger partial charge on any atom is 0.251 e. The van der Waals surface area contributed by atoms with Gasteiger partial charge in [-0.2, -0.15) is 5.10 Å². The van der Waals surface area contributed by atoms with Crippen molar-refractivity contribution in [1.82, 2.24) is 39.6 Å². The van der Waals surface area contributed by atoms with Gasteiger partial charge < -0.3 is 5.32 Å². The maximum atomic E-state index is 12.5. The zero-order valence-corrected chi connectivity index (χ0v) is 13.6. The summed E-state index contributed by atoms with van der Waals surface area (Å²) in [6.45, 7) is 0.334. The molecule has 0 spiro atoms. The molecule has 0 unspecified atom stereocenters. The molecule has 0 radical (unpaired) electrons. The highest BCUT2D eigenvalue weighted by Gasteiger charge is 2.10. The molecule has 0 saturated heterocycles. The van der Waals surface area contributed by atoms with Gasteiger partial charge in [0.15, 0.2) is 5.82 Å². The summed E-state index contributed by atoms with van der Waals surface area (Å²) in [5.74, 6) is 1.04. The van der Waals surface area contributed by atoms with Crippen molar-refractivity contribution in [2.45, 2.75) is 6.54 Å². The number of aromatic nitrogens is 7. The number of carbonyl (C=O) groups excluding carboxylic acids is 1. The maximum absolute atomic E-state index is 12.5. The molecule has 26 heavy (non-hydrogen) atoms. The number of nitrogens with one attached hydrogen (secondary N) is 1. The van der Waals surface area contributed by atoms with Gasteiger partial charge in [0.05, 0.1) is 0 Å². The lowest BCUT2D eigenvalue weighted by molar-refractivity contribution is 0.0950. The lowest BCUT2D eigenvalue weighted by Gasteiger charge is -2.10. The Bertz CT molecular complexity index is 1010. The van der Waals surface area contributed by atoms with E-state index >= 15 is 0 Å². The van der Waals surface area contributed by atoms with E-state index in [0.29, 0.717) is 17.9 Å². The molecule has 0 aliphatic heterocycles. The standard InChI is InChI=1S/C17H14N8O/c26-17(13-3-5-20-15(8-13)25-12-19-10-23-25)22-9-14-2-1-4-21-16(14)24-7-6-18-11-24/h1-8,10-12H,9H2,(H,22,26). The predicted octanol–water partition coefficient (Wildman–Crippen LogP) is 1.17. The van der Waals surface area contributed by atoms with Crippen LogP contribution in [0.4, 0.5) is 0 Å². The molecule has 0 aromatic carbocycles. The Morgan fingerprint density at radius 1 is 1.08 bits per heavy atom.